The van der Waals surface area contributed by atoms with Crippen molar-refractivity contribution in [2.24, 2.45) is 0 Å². The van der Waals surface area contributed by atoms with Gasteiger partial charge in [-0.1, -0.05) is 42.1 Å². The molecule has 1 aromatic heterocycles. The van der Waals surface area contributed by atoms with Crippen molar-refractivity contribution < 1.29 is 4.79 Å². The zero-order valence-electron chi connectivity index (χ0n) is 11.3. The van der Waals surface area contributed by atoms with Crippen molar-refractivity contribution >= 4 is 17.5 Å². The molecule has 0 aliphatic rings. The van der Waals surface area contributed by atoms with Gasteiger partial charge in [-0.05, 0) is 26.8 Å². The number of Topliss-reactive ketones (excluding diaryl/α,β-unsaturated/α-hetero) is 1. The number of thioether (sulfide) groups is 1. The van der Waals surface area contributed by atoms with Crippen LogP contribution in [0.15, 0.2) is 41.4 Å². The highest BCUT2D eigenvalue weighted by Gasteiger charge is 2.17. The standard InChI is InChI=1S/C15H16N2OS/c1-10-9-14(17-12(3)16-10)19-11(2)15(18)13-7-5-4-6-8-13/h4-9,11H,1-3H3. The van der Waals surface area contributed by atoms with Gasteiger partial charge in [0.25, 0.3) is 0 Å². The van der Waals surface area contributed by atoms with Crippen LogP contribution >= 0.6 is 11.8 Å². The summed E-state index contributed by atoms with van der Waals surface area (Å²) >= 11 is 1.47. The zero-order valence-corrected chi connectivity index (χ0v) is 12.1. The molecule has 0 saturated heterocycles. The minimum atomic E-state index is -0.156. The average molecular weight is 272 g/mol. The van der Waals surface area contributed by atoms with Crippen LogP contribution in [0, 0.1) is 13.8 Å². The van der Waals surface area contributed by atoms with E-state index >= 15 is 0 Å². The maximum atomic E-state index is 12.3. The smallest absolute Gasteiger partial charge is 0.175 e. The Bertz CT molecular complexity index is 564. The molecule has 0 aliphatic carbocycles. The lowest BCUT2D eigenvalue weighted by Gasteiger charge is -2.10. The largest absolute Gasteiger partial charge is 0.293 e. The van der Waals surface area contributed by atoms with E-state index in [1.54, 1.807) is 0 Å². The number of nitrogens with zero attached hydrogens (tertiary/aromatic N) is 2. The molecule has 0 radical (unpaired) electrons. The predicted molar refractivity (Wildman–Crippen MR) is 77.6 cm³/mol. The second-order valence-electron chi connectivity index (χ2n) is 4.39. The second kappa shape index (κ2) is 5.97. The average Bonchev–Trinajstić information content (AvgIpc) is 2.37. The minimum Gasteiger partial charge on any atom is -0.293 e. The highest BCUT2D eigenvalue weighted by molar-refractivity contribution is 8.00. The molecule has 0 bridgehead atoms. The van der Waals surface area contributed by atoms with E-state index in [0.717, 1.165) is 22.1 Å². The van der Waals surface area contributed by atoms with Gasteiger partial charge in [0.15, 0.2) is 5.78 Å². The molecular formula is C15H16N2OS. The normalized spacial score (nSPS) is 12.2. The summed E-state index contributed by atoms with van der Waals surface area (Å²) in [4.78, 5) is 20.8. The molecule has 19 heavy (non-hydrogen) atoms. The number of hydrogen-bond acceptors (Lipinski definition) is 4. The fourth-order valence-electron chi connectivity index (χ4n) is 1.82. The van der Waals surface area contributed by atoms with Crippen LogP contribution in [0.4, 0.5) is 0 Å². The number of benzene rings is 1. The van der Waals surface area contributed by atoms with Gasteiger partial charge in [-0.25, -0.2) is 9.97 Å². The van der Waals surface area contributed by atoms with Crippen molar-refractivity contribution in [2.75, 3.05) is 0 Å². The van der Waals surface area contributed by atoms with E-state index in [1.807, 2.05) is 57.2 Å². The van der Waals surface area contributed by atoms with Crippen LogP contribution in [-0.4, -0.2) is 21.0 Å². The van der Waals surface area contributed by atoms with Gasteiger partial charge in [0, 0.05) is 11.3 Å². The fourth-order valence-corrected chi connectivity index (χ4v) is 2.84. The molecule has 0 spiro atoms. The first-order chi connectivity index (χ1) is 9.06. The molecule has 98 valence electrons. The lowest BCUT2D eigenvalue weighted by atomic mass is 10.1. The Morgan fingerprint density at radius 1 is 1.16 bits per heavy atom. The summed E-state index contributed by atoms with van der Waals surface area (Å²) in [5, 5.41) is 0.692. The van der Waals surface area contributed by atoms with Crippen molar-refractivity contribution in [1.29, 1.82) is 0 Å². The van der Waals surface area contributed by atoms with Crippen LogP contribution in [0.2, 0.25) is 0 Å². The van der Waals surface area contributed by atoms with E-state index in [1.165, 1.54) is 11.8 Å². The summed E-state index contributed by atoms with van der Waals surface area (Å²) in [6.07, 6.45) is 0. The van der Waals surface area contributed by atoms with E-state index < -0.39 is 0 Å². The van der Waals surface area contributed by atoms with Crippen molar-refractivity contribution in [2.45, 2.75) is 31.0 Å². The van der Waals surface area contributed by atoms with Gasteiger partial charge in [0.2, 0.25) is 0 Å². The lowest BCUT2D eigenvalue weighted by Crippen LogP contribution is -2.13. The van der Waals surface area contributed by atoms with Gasteiger partial charge >= 0.3 is 0 Å². The molecule has 0 amide bonds. The maximum Gasteiger partial charge on any atom is 0.175 e. The van der Waals surface area contributed by atoms with E-state index in [4.69, 9.17) is 0 Å². The number of ketones is 1. The molecule has 0 saturated carbocycles. The number of rotatable bonds is 4. The first-order valence-corrected chi connectivity index (χ1v) is 7.02. The third kappa shape index (κ3) is 3.64. The number of carbonyl (C=O) groups is 1. The van der Waals surface area contributed by atoms with Crippen LogP contribution in [0.25, 0.3) is 0 Å². The Kier molecular flexibility index (Phi) is 4.32. The number of aryl methyl sites for hydroxylation is 2. The van der Waals surface area contributed by atoms with Crippen molar-refractivity contribution in [3.8, 4) is 0 Å². The molecule has 2 rings (SSSR count). The van der Waals surface area contributed by atoms with Crippen molar-refractivity contribution in [1.82, 2.24) is 9.97 Å². The zero-order chi connectivity index (χ0) is 13.8. The summed E-state index contributed by atoms with van der Waals surface area (Å²) in [5.74, 6) is 0.862. The first-order valence-electron chi connectivity index (χ1n) is 6.14. The minimum absolute atomic E-state index is 0.125. The Hall–Kier alpha value is -1.68. The summed E-state index contributed by atoms with van der Waals surface area (Å²) in [7, 11) is 0. The maximum absolute atomic E-state index is 12.3. The van der Waals surface area contributed by atoms with Crippen LogP contribution in [-0.2, 0) is 0 Å². The number of carbonyl (C=O) groups excluding carboxylic acids is 1. The topological polar surface area (TPSA) is 42.9 Å². The van der Waals surface area contributed by atoms with Crippen molar-refractivity contribution in [3.05, 3.63) is 53.5 Å². The SMILES string of the molecule is Cc1cc(SC(C)C(=O)c2ccccc2)nc(C)n1. The van der Waals surface area contributed by atoms with E-state index in [9.17, 15) is 4.79 Å². The molecule has 1 unspecified atom stereocenters. The summed E-state index contributed by atoms with van der Waals surface area (Å²) in [6, 6.07) is 11.3. The van der Waals surface area contributed by atoms with E-state index in [2.05, 4.69) is 9.97 Å². The monoisotopic (exact) mass is 272 g/mol. The van der Waals surface area contributed by atoms with Gasteiger partial charge < -0.3 is 0 Å². The lowest BCUT2D eigenvalue weighted by molar-refractivity contribution is 0.0994. The predicted octanol–water partition coefficient (Wildman–Crippen LogP) is 3.46. The second-order valence-corrected chi connectivity index (χ2v) is 5.75. The Morgan fingerprint density at radius 3 is 2.47 bits per heavy atom. The number of aromatic nitrogens is 2. The highest BCUT2D eigenvalue weighted by Crippen LogP contribution is 2.24. The molecule has 0 fully saturated rings. The molecule has 3 nitrogen and oxygen atoms in total. The summed E-state index contributed by atoms with van der Waals surface area (Å²) in [6.45, 7) is 5.70. The van der Waals surface area contributed by atoms with Gasteiger partial charge in [-0.2, -0.15) is 0 Å². The number of hydrogen-bond donors (Lipinski definition) is 0. The fraction of sp³-hybridized carbons (Fsp3) is 0.267. The van der Waals surface area contributed by atoms with Crippen LogP contribution in [0.5, 0.6) is 0 Å². The first kappa shape index (κ1) is 13.7. The Labute approximate surface area is 117 Å². The molecule has 0 aliphatic heterocycles. The van der Waals surface area contributed by atoms with Crippen LogP contribution < -0.4 is 0 Å². The molecule has 2 aromatic rings. The highest BCUT2D eigenvalue weighted by atomic mass is 32.2. The summed E-state index contributed by atoms with van der Waals surface area (Å²) < 4.78 is 0. The van der Waals surface area contributed by atoms with Gasteiger partial charge in [0.05, 0.1) is 5.25 Å². The summed E-state index contributed by atoms with van der Waals surface area (Å²) in [5.41, 5.74) is 1.67. The molecule has 1 heterocycles. The molecule has 4 heteroatoms. The van der Waals surface area contributed by atoms with Crippen LogP contribution in [0.1, 0.15) is 28.8 Å². The quantitative estimate of drug-likeness (QED) is 0.485. The van der Waals surface area contributed by atoms with Gasteiger partial charge in [0.1, 0.15) is 10.9 Å². The third-order valence-corrected chi connectivity index (χ3v) is 3.69. The van der Waals surface area contributed by atoms with Gasteiger partial charge in [-0.15, -0.1) is 0 Å². The van der Waals surface area contributed by atoms with Crippen LogP contribution in [0.3, 0.4) is 0 Å². The van der Waals surface area contributed by atoms with Crippen molar-refractivity contribution in [3.63, 3.8) is 0 Å². The van der Waals surface area contributed by atoms with E-state index in [-0.39, 0.29) is 11.0 Å². The third-order valence-electron chi connectivity index (χ3n) is 2.67. The van der Waals surface area contributed by atoms with Gasteiger partial charge in [-0.3, -0.25) is 4.79 Å². The molecule has 0 N–H and O–H groups in total. The molecule has 1 atom stereocenters. The Balaban J connectivity index is 2.13. The van der Waals surface area contributed by atoms with E-state index in [0.29, 0.717) is 0 Å². The molecule has 1 aromatic carbocycles. The molecular weight excluding hydrogens is 256 g/mol. The Morgan fingerprint density at radius 2 is 1.84 bits per heavy atom.